The van der Waals surface area contributed by atoms with Crippen LogP contribution in [0.5, 0.6) is 0 Å². The molecule has 0 aliphatic heterocycles. The van der Waals surface area contributed by atoms with E-state index in [1.54, 1.807) is 0 Å². The van der Waals surface area contributed by atoms with E-state index in [1.807, 2.05) is 13.0 Å². The normalized spacial score (nSPS) is 10.5. The standard InChI is InChI=1S/C12H14/c1-10(2)7-8-12-6-4-5-11(3)9-12/h4-9H,1H2,2-3H3. The van der Waals surface area contributed by atoms with Gasteiger partial charge in [-0.3, -0.25) is 0 Å². The predicted molar refractivity (Wildman–Crippen MR) is 55.0 cm³/mol. The zero-order valence-corrected chi connectivity index (χ0v) is 7.67. The van der Waals surface area contributed by atoms with Crippen molar-refractivity contribution in [2.24, 2.45) is 0 Å². The van der Waals surface area contributed by atoms with E-state index in [0.717, 1.165) is 5.57 Å². The summed E-state index contributed by atoms with van der Waals surface area (Å²) < 4.78 is 0. The van der Waals surface area contributed by atoms with Crippen molar-refractivity contribution < 1.29 is 0 Å². The molecule has 0 fully saturated rings. The molecule has 0 bridgehead atoms. The molecule has 0 N–H and O–H groups in total. The third-order valence-electron chi connectivity index (χ3n) is 1.60. The maximum Gasteiger partial charge on any atom is -0.0254 e. The third-order valence-corrected chi connectivity index (χ3v) is 1.60. The number of hydrogen-bond donors (Lipinski definition) is 0. The van der Waals surface area contributed by atoms with Gasteiger partial charge in [-0.15, -0.1) is 0 Å². The average Bonchev–Trinajstić information content (AvgIpc) is 2.01. The first-order valence-corrected chi connectivity index (χ1v) is 4.09. The molecular weight excluding hydrogens is 144 g/mol. The molecule has 0 heterocycles. The molecule has 0 unspecified atom stereocenters. The second-order valence-electron chi connectivity index (χ2n) is 3.09. The van der Waals surface area contributed by atoms with E-state index in [-0.39, 0.29) is 0 Å². The van der Waals surface area contributed by atoms with Crippen molar-refractivity contribution in [1.82, 2.24) is 0 Å². The minimum atomic E-state index is 1.08. The van der Waals surface area contributed by atoms with Gasteiger partial charge in [0.1, 0.15) is 0 Å². The van der Waals surface area contributed by atoms with Gasteiger partial charge in [0.25, 0.3) is 0 Å². The van der Waals surface area contributed by atoms with Gasteiger partial charge in [-0.05, 0) is 19.4 Å². The Kier molecular flexibility index (Phi) is 2.87. The molecule has 0 aliphatic rings. The van der Waals surface area contributed by atoms with Crippen molar-refractivity contribution in [3.05, 3.63) is 53.6 Å². The third kappa shape index (κ3) is 2.75. The van der Waals surface area contributed by atoms with E-state index in [2.05, 4.69) is 43.8 Å². The molecule has 1 rings (SSSR count). The van der Waals surface area contributed by atoms with Crippen LogP contribution in [0.25, 0.3) is 6.08 Å². The highest BCUT2D eigenvalue weighted by Gasteiger charge is 1.85. The SMILES string of the molecule is C=C(C)C=Cc1cccc(C)c1. The topological polar surface area (TPSA) is 0 Å². The summed E-state index contributed by atoms with van der Waals surface area (Å²) in [5.74, 6) is 0. The van der Waals surface area contributed by atoms with Crippen LogP contribution < -0.4 is 0 Å². The fourth-order valence-corrected chi connectivity index (χ4v) is 1.01. The summed E-state index contributed by atoms with van der Waals surface area (Å²) >= 11 is 0. The van der Waals surface area contributed by atoms with Crippen LogP contribution in [0.1, 0.15) is 18.1 Å². The van der Waals surface area contributed by atoms with Crippen LogP contribution in [-0.2, 0) is 0 Å². The van der Waals surface area contributed by atoms with Crippen molar-refractivity contribution in [3.8, 4) is 0 Å². The second-order valence-corrected chi connectivity index (χ2v) is 3.09. The van der Waals surface area contributed by atoms with E-state index in [0.29, 0.717) is 0 Å². The molecular formula is C12H14. The monoisotopic (exact) mass is 158 g/mol. The Balaban J connectivity index is 2.83. The average molecular weight is 158 g/mol. The molecule has 0 saturated heterocycles. The minimum Gasteiger partial charge on any atom is -0.0961 e. The van der Waals surface area contributed by atoms with Gasteiger partial charge >= 0.3 is 0 Å². The summed E-state index contributed by atoms with van der Waals surface area (Å²) in [6.45, 7) is 7.89. The number of hydrogen-bond acceptors (Lipinski definition) is 0. The predicted octanol–water partition coefficient (Wildman–Crippen LogP) is 3.58. The van der Waals surface area contributed by atoms with Crippen molar-refractivity contribution in [1.29, 1.82) is 0 Å². The smallest absolute Gasteiger partial charge is 0.0254 e. The van der Waals surface area contributed by atoms with Gasteiger partial charge < -0.3 is 0 Å². The molecule has 0 aliphatic carbocycles. The molecule has 1 aromatic carbocycles. The van der Waals surface area contributed by atoms with Crippen molar-refractivity contribution >= 4 is 6.08 Å². The van der Waals surface area contributed by atoms with Gasteiger partial charge in [-0.1, -0.05) is 54.1 Å². The molecule has 0 nitrogen and oxygen atoms in total. The summed E-state index contributed by atoms with van der Waals surface area (Å²) in [4.78, 5) is 0. The lowest BCUT2D eigenvalue weighted by atomic mass is 10.1. The van der Waals surface area contributed by atoms with Crippen molar-refractivity contribution in [2.75, 3.05) is 0 Å². The molecule has 0 radical (unpaired) electrons. The van der Waals surface area contributed by atoms with Crippen molar-refractivity contribution in [2.45, 2.75) is 13.8 Å². The van der Waals surface area contributed by atoms with Crippen LogP contribution in [0.3, 0.4) is 0 Å². The lowest BCUT2D eigenvalue weighted by Crippen LogP contribution is -1.74. The summed E-state index contributed by atoms with van der Waals surface area (Å²) in [6.07, 6.45) is 4.10. The Bertz CT molecular complexity index is 306. The Morgan fingerprint density at radius 2 is 2.17 bits per heavy atom. The van der Waals surface area contributed by atoms with E-state index in [1.165, 1.54) is 11.1 Å². The highest BCUT2D eigenvalue weighted by molar-refractivity contribution is 5.53. The Morgan fingerprint density at radius 1 is 1.42 bits per heavy atom. The number of rotatable bonds is 2. The molecule has 0 heteroatoms. The number of aryl methyl sites for hydroxylation is 1. The van der Waals surface area contributed by atoms with Gasteiger partial charge in [-0.2, -0.15) is 0 Å². The summed E-state index contributed by atoms with van der Waals surface area (Å²) in [5.41, 5.74) is 3.60. The lowest BCUT2D eigenvalue weighted by Gasteiger charge is -1.94. The van der Waals surface area contributed by atoms with Crippen LogP contribution >= 0.6 is 0 Å². The molecule has 0 spiro atoms. The fraction of sp³-hybridized carbons (Fsp3) is 0.167. The van der Waals surface area contributed by atoms with Gasteiger partial charge in [-0.25, -0.2) is 0 Å². The van der Waals surface area contributed by atoms with E-state index in [4.69, 9.17) is 0 Å². The van der Waals surface area contributed by atoms with Crippen LogP contribution in [0, 0.1) is 6.92 Å². The molecule has 0 atom stereocenters. The molecule has 0 amide bonds. The maximum atomic E-state index is 3.81. The lowest BCUT2D eigenvalue weighted by molar-refractivity contribution is 1.46. The Morgan fingerprint density at radius 3 is 2.75 bits per heavy atom. The highest BCUT2D eigenvalue weighted by atomic mass is 13.9. The van der Waals surface area contributed by atoms with Gasteiger partial charge in [0.15, 0.2) is 0 Å². The highest BCUT2D eigenvalue weighted by Crippen LogP contribution is 2.06. The second kappa shape index (κ2) is 3.91. The number of allylic oxidation sites excluding steroid dienone is 2. The van der Waals surface area contributed by atoms with E-state index < -0.39 is 0 Å². The van der Waals surface area contributed by atoms with Crippen LogP contribution in [0.4, 0.5) is 0 Å². The van der Waals surface area contributed by atoms with Crippen molar-refractivity contribution in [3.63, 3.8) is 0 Å². The first-order valence-electron chi connectivity index (χ1n) is 4.09. The van der Waals surface area contributed by atoms with Crippen LogP contribution in [0.2, 0.25) is 0 Å². The minimum absolute atomic E-state index is 1.08. The Hall–Kier alpha value is -1.30. The number of benzene rings is 1. The van der Waals surface area contributed by atoms with Gasteiger partial charge in [0.05, 0.1) is 0 Å². The summed E-state index contributed by atoms with van der Waals surface area (Å²) in [7, 11) is 0. The molecule has 1 aromatic rings. The van der Waals surface area contributed by atoms with E-state index in [9.17, 15) is 0 Å². The zero-order valence-electron chi connectivity index (χ0n) is 7.67. The van der Waals surface area contributed by atoms with E-state index >= 15 is 0 Å². The summed E-state index contributed by atoms with van der Waals surface area (Å²) in [5, 5.41) is 0. The van der Waals surface area contributed by atoms with Crippen LogP contribution in [-0.4, -0.2) is 0 Å². The molecule has 12 heavy (non-hydrogen) atoms. The first kappa shape index (κ1) is 8.79. The quantitative estimate of drug-likeness (QED) is 0.577. The molecule has 0 saturated carbocycles. The largest absolute Gasteiger partial charge is 0.0961 e. The maximum absolute atomic E-state index is 3.81. The molecule has 62 valence electrons. The zero-order chi connectivity index (χ0) is 8.97. The summed E-state index contributed by atoms with van der Waals surface area (Å²) in [6, 6.07) is 8.40. The van der Waals surface area contributed by atoms with Crippen LogP contribution in [0.15, 0.2) is 42.5 Å². The fourth-order valence-electron chi connectivity index (χ4n) is 1.01. The Labute approximate surface area is 74.2 Å². The van der Waals surface area contributed by atoms with Gasteiger partial charge in [0, 0.05) is 0 Å². The van der Waals surface area contributed by atoms with Gasteiger partial charge in [0.2, 0.25) is 0 Å². The molecule has 0 aromatic heterocycles. The first-order chi connectivity index (χ1) is 5.68.